The summed E-state index contributed by atoms with van der Waals surface area (Å²) in [5.41, 5.74) is 2.04. The Morgan fingerprint density at radius 3 is 3.14 bits per heavy atom. The van der Waals surface area contributed by atoms with Gasteiger partial charge >= 0.3 is 0 Å². The molecule has 0 spiro atoms. The van der Waals surface area contributed by atoms with Crippen LogP contribution in [-0.4, -0.2) is 34.8 Å². The maximum absolute atomic E-state index is 8.80. The van der Waals surface area contributed by atoms with Gasteiger partial charge in [0.15, 0.2) is 0 Å². The van der Waals surface area contributed by atoms with E-state index in [0.29, 0.717) is 12.3 Å². The Balaban J connectivity index is 2.12. The minimum Gasteiger partial charge on any atom is -0.396 e. The lowest BCUT2D eigenvalue weighted by Gasteiger charge is -2.07. The van der Waals surface area contributed by atoms with E-state index in [1.54, 1.807) is 6.33 Å². The molecule has 0 amide bonds. The lowest BCUT2D eigenvalue weighted by atomic mass is 10.0. The van der Waals surface area contributed by atoms with Crippen molar-refractivity contribution in [2.24, 2.45) is 0 Å². The Bertz CT molecular complexity index is 297. The average molecular weight is 193 g/mol. The van der Waals surface area contributed by atoms with Gasteiger partial charge in [-0.2, -0.15) is 0 Å². The van der Waals surface area contributed by atoms with Gasteiger partial charge in [0.05, 0.1) is 0 Å². The molecule has 1 unspecified atom stereocenters. The van der Waals surface area contributed by atoms with Crippen molar-refractivity contribution in [3.05, 3.63) is 23.8 Å². The van der Waals surface area contributed by atoms with E-state index in [0.717, 1.165) is 30.9 Å². The molecule has 14 heavy (non-hydrogen) atoms. The van der Waals surface area contributed by atoms with Gasteiger partial charge in [-0.3, -0.25) is 0 Å². The normalized spacial score (nSPS) is 21.4. The predicted octanol–water partition coefficient (Wildman–Crippen LogP) is 0.0883. The van der Waals surface area contributed by atoms with Gasteiger partial charge in [0.25, 0.3) is 0 Å². The standard InChI is InChI=1S/C10H15N3O/c14-4-2-9-5-10(13-7-12-9)8-1-3-11-6-8/h5,7-8,11,14H,1-4,6H2. The zero-order chi connectivity index (χ0) is 9.80. The second kappa shape index (κ2) is 4.48. The summed E-state index contributed by atoms with van der Waals surface area (Å²) in [6, 6.07) is 2.01. The molecule has 0 aliphatic carbocycles. The molecule has 1 aromatic heterocycles. The summed E-state index contributed by atoms with van der Waals surface area (Å²) in [5.74, 6) is 0.524. The average Bonchev–Trinajstić information content (AvgIpc) is 2.71. The van der Waals surface area contributed by atoms with Crippen molar-refractivity contribution < 1.29 is 5.11 Å². The number of nitrogens with zero attached hydrogens (tertiary/aromatic N) is 2. The largest absolute Gasteiger partial charge is 0.396 e. The summed E-state index contributed by atoms with van der Waals surface area (Å²) in [6.07, 6.45) is 3.36. The van der Waals surface area contributed by atoms with Crippen LogP contribution in [0.25, 0.3) is 0 Å². The molecule has 0 radical (unpaired) electrons. The Morgan fingerprint density at radius 2 is 2.43 bits per heavy atom. The second-order valence-electron chi connectivity index (χ2n) is 3.60. The molecule has 0 aromatic carbocycles. The van der Waals surface area contributed by atoms with Crippen LogP contribution in [0.4, 0.5) is 0 Å². The summed E-state index contributed by atoms with van der Waals surface area (Å²) in [5, 5.41) is 12.1. The number of hydrogen-bond donors (Lipinski definition) is 2. The Kier molecular flexibility index (Phi) is 3.06. The first-order valence-corrected chi connectivity index (χ1v) is 5.02. The second-order valence-corrected chi connectivity index (χ2v) is 3.60. The summed E-state index contributed by atoms with van der Waals surface area (Å²) in [4.78, 5) is 8.38. The van der Waals surface area contributed by atoms with Crippen LogP contribution in [0.5, 0.6) is 0 Å². The lowest BCUT2D eigenvalue weighted by molar-refractivity contribution is 0.298. The van der Waals surface area contributed by atoms with E-state index in [1.165, 1.54) is 0 Å². The number of aliphatic hydroxyl groups excluding tert-OH is 1. The number of rotatable bonds is 3. The number of aromatic nitrogens is 2. The summed E-state index contributed by atoms with van der Waals surface area (Å²) in [7, 11) is 0. The van der Waals surface area contributed by atoms with Crippen molar-refractivity contribution in [2.75, 3.05) is 19.7 Å². The maximum Gasteiger partial charge on any atom is 0.115 e. The van der Waals surface area contributed by atoms with Gasteiger partial charge in [0, 0.05) is 36.9 Å². The lowest BCUT2D eigenvalue weighted by Crippen LogP contribution is -2.09. The van der Waals surface area contributed by atoms with Gasteiger partial charge in [0.1, 0.15) is 6.33 Å². The SMILES string of the molecule is OCCc1cc(C2CCNC2)ncn1. The minimum absolute atomic E-state index is 0.152. The molecule has 0 bridgehead atoms. The van der Waals surface area contributed by atoms with Crippen LogP contribution in [-0.2, 0) is 6.42 Å². The van der Waals surface area contributed by atoms with Gasteiger partial charge in [-0.25, -0.2) is 9.97 Å². The molecule has 0 saturated carbocycles. The van der Waals surface area contributed by atoms with Gasteiger partial charge in [-0.05, 0) is 19.0 Å². The topological polar surface area (TPSA) is 58.0 Å². The van der Waals surface area contributed by atoms with Crippen molar-refractivity contribution in [2.45, 2.75) is 18.8 Å². The van der Waals surface area contributed by atoms with Gasteiger partial charge in [0.2, 0.25) is 0 Å². The van der Waals surface area contributed by atoms with E-state index in [9.17, 15) is 0 Å². The maximum atomic E-state index is 8.80. The van der Waals surface area contributed by atoms with Gasteiger partial charge < -0.3 is 10.4 Å². The Labute approximate surface area is 83.4 Å². The van der Waals surface area contributed by atoms with Crippen LogP contribution >= 0.6 is 0 Å². The highest BCUT2D eigenvalue weighted by Gasteiger charge is 2.17. The zero-order valence-electron chi connectivity index (χ0n) is 8.11. The molecule has 4 heteroatoms. The van der Waals surface area contributed by atoms with Gasteiger partial charge in [-0.1, -0.05) is 0 Å². The fourth-order valence-electron chi connectivity index (χ4n) is 1.80. The van der Waals surface area contributed by atoms with E-state index in [4.69, 9.17) is 5.11 Å². The molecule has 76 valence electrons. The van der Waals surface area contributed by atoms with Gasteiger partial charge in [-0.15, -0.1) is 0 Å². The number of nitrogens with one attached hydrogen (secondary N) is 1. The molecule has 1 saturated heterocycles. The predicted molar refractivity (Wildman–Crippen MR) is 53.0 cm³/mol. The monoisotopic (exact) mass is 193 g/mol. The van der Waals surface area contributed by atoms with Crippen LogP contribution in [0.15, 0.2) is 12.4 Å². The minimum atomic E-state index is 0.152. The highest BCUT2D eigenvalue weighted by atomic mass is 16.3. The first-order valence-electron chi connectivity index (χ1n) is 5.02. The third kappa shape index (κ3) is 2.08. The fourth-order valence-corrected chi connectivity index (χ4v) is 1.80. The van der Waals surface area contributed by atoms with Crippen LogP contribution in [0.3, 0.4) is 0 Å². The van der Waals surface area contributed by atoms with E-state index in [-0.39, 0.29) is 6.61 Å². The summed E-state index contributed by atoms with van der Waals surface area (Å²) in [6.45, 7) is 2.24. The van der Waals surface area contributed by atoms with E-state index in [1.807, 2.05) is 6.07 Å². The van der Waals surface area contributed by atoms with Crippen molar-refractivity contribution in [1.29, 1.82) is 0 Å². The molecule has 1 aromatic rings. The first-order chi connectivity index (χ1) is 6.90. The zero-order valence-corrected chi connectivity index (χ0v) is 8.11. The number of aliphatic hydroxyl groups is 1. The van der Waals surface area contributed by atoms with Crippen molar-refractivity contribution in [3.63, 3.8) is 0 Å². The van der Waals surface area contributed by atoms with E-state index < -0.39 is 0 Å². The molecule has 2 N–H and O–H groups in total. The molecular weight excluding hydrogens is 178 g/mol. The Hall–Kier alpha value is -1.00. The third-order valence-corrected chi connectivity index (χ3v) is 2.59. The first kappa shape index (κ1) is 9.55. The molecule has 1 fully saturated rings. The molecule has 4 nitrogen and oxygen atoms in total. The van der Waals surface area contributed by atoms with E-state index in [2.05, 4.69) is 15.3 Å². The number of hydrogen-bond acceptors (Lipinski definition) is 4. The molecule has 1 aliphatic heterocycles. The van der Waals surface area contributed by atoms with Crippen molar-refractivity contribution >= 4 is 0 Å². The van der Waals surface area contributed by atoms with Crippen LogP contribution in [0.2, 0.25) is 0 Å². The molecule has 1 aliphatic rings. The van der Waals surface area contributed by atoms with Crippen molar-refractivity contribution in [3.8, 4) is 0 Å². The van der Waals surface area contributed by atoms with Crippen LogP contribution in [0.1, 0.15) is 23.7 Å². The summed E-state index contributed by atoms with van der Waals surface area (Å²) >= 11 is 0. The molecular formula is C10H15N3O. The Morgan fingerprint density at radius 1 is 1.50 bits per heavy atom. The third-order valence-electron chi connectivity index (χ3n) is 2.59. The summed E-state index contributed by atoms with van der Waals surface area (Å²) < 4.78 is 0. The highest BCUT2D eigenvalue weighted by Crippen LogP contribution is 2.20. The fraction of sp³-hybridized carbons (Fsp3) is 0.600. The molecule has 1 atom stereocenters. The molecule has 2 heterocycles. The molecule has 2 rings (SSSR count). The van der Waals surface area contributed by atoms with E-state index >= 15 is 0 Å². The van der Waals surface area contributed by atoms with Crippen LogP contribution in [0, 0.1) is 0 Å². The van der Waals surface area contributed by atoms with Crippen molar-refractivity contribution in [1.82, 2.24) is 15.3 Å². The highest BCUT2D eigenvalue weighted by molar-refractivity contribution is 5.14. The van der Waals surface area contributed by atoms with Crippen LogP contribution < -0.4 is 5.32 Å². The smallest absolute Gasteiger partial charge is 0.115 e. The quantitative estimate of drug-likeness (QED) is 0.714.